The van der Waals surface area contributed by atoms with Crippen molar-refractivity contribution in [1.29, 1.82) is 0 Å². The van der Waals surface area contributed by atoms with Gasteiger partial charge < -0.3 is 4.57 Å². The van der Waals surface area contributed by atoms with Gasteiger partial charge in [-0.3, -0.25) is 0 Å². The first-order chi connectivity index (χ1) is 25.8. The lowest BCUT2D eigenvalue weighted by molar-refractivity contribution is 0.668. The van der Waals surface area contributed by atoms with Crippen LogP contribution in [0.5, 0.6) is 0 Å². The highest BCUT2D eigenvalue weighted by Crippen LogP contribution is 2.63. The summed E-state index contributed by atoms with van der Waals surface area (Å²) in [6.45, 7) is 0. The van der Waals surface area contributed by atoms with Crippen molar-refractivity contribution in [2.45, 2.75) is 25.0 Å². The molecule has 0 unspecified atom stereocenters. The number of nitrogens with zero attached hydrogens (tertiary/aromatic N) is 1. The van der Waals surface area contributed by atoms with E-state index in [2.05, 4.69) is 193 Å². The molecule has 3 heteroatoms. The number of para-hydroxylation sites is 2. The molecular weight excluding hydrogens is 667 g/mol. The minimum Gasteiger partial charge on any atom is -0.309 e. The maximum atomic E-state index is 2.48. The summed E-state index contributed by atoms with van der Waals surface area (Å²) in [5.41, 5.74) is 13.6. The van der Waals surface area contributed by atoms with Crippen LogP contribution in [0.3, 0.4) is 0 Å². The van der Waals surface area contributed by atoms with Crippen LogP contribution in [-0.4, -0.2) is 4.57 Å². The molecule has 2 aliphatic heterocycles. The Bertz CT molecular complexity index is 2810. The molecule has 3 heterocycles. The molecule has 1 aromatic heterocycles. The summed E-state index contributed by atoms with van der Waals surface area (Å²) in [5, 5.41) is 2.55. The van der Waals surface area contributed by atoms with Gasteiger partial charge in [0, 0.05) is 36.0 Å². The SMILES string of the molecule is c1ccc(-c2cccc3c2Sc2cc(-c4cccc5c4c4ccccc4n5-c4ccccc4)ccc2C32c3ccccc3Sc3ccccc32)cc1. The number of hydrogen-bond donors (Lipinski definition) is 0. The Hall–Kier alpha value is -5.74. The second-order valence-corrected chi connectivity index (χ2v) is 15.7. The number of benzene rings is 8. The largest absolute Gasteiger partial charge is 0.309 e. The van der Waals surface area contributed by atoms with Crippen molar-refractivity contribution in [3.63, 3.8) is 0 Å². The first-order valence-electron chi connectivity index (χ1n) is 17.8. The van der Waals surface area contributed by atoms with E-state index in [0.29, 0.717) is 0 Å². The Morgan fingerprint density at radius 2 is 0.981 bits per heavy atom. The number of hydrogen-bond acceptors (Lipinski definition) is 2. The van der Waals surface area contributed by atoms with E-state index in [9.17, 15) is 0 Å². The molecule has 9 aromatic rings. The summed E-state index contributed by atoms with van der Waals surface area (Å²) in [7, 11) is 0. The average Bonchev–Trinajstić information content (AvgIpc) is 3.56. The molecular formula is C49H31NS2. The lowest BCUT2D eigenvalue weighted by Gasteiger charge is -2.46. The zero-order valence-corrected chi connectivity index (χ0v) is 29.8. The van der Waals surface area contributed by atoms with Gasteiger partial charge in [-0.05, 0) is 87.0 Å². The summed E-state index contributed by atoms with van der Waals surface area (Å²) < 4.78 is 2.41. The summed E-state index contributed by atoms with van der Waals surface area (Å²) in [5.74, 6) is 0. The Balaban J connectivity index is 1.22. The Morgan fingerprint density at radius 3 is 1.77 bits per heavy atom. The Kier molecular flexibility index (Phi) is 6.70. The molecule has 244 valence electrons. The van der Waals surface area contributed by atoms with Crippen LogP contribution in [0, 0.1) is 0 Å². The predicted octanol–water partition coefficient (Wildman–Crippen LogP) is 13.4. The number of aromatic nitrogens is 1. The molecule has 0 aliphatic carbocycles. The topological polar surface area (TPSA) is 4.93 Å². The molecule has 1 spiro atoms. The fraction of sp³-hybridized carbons (Fsp3) is 0.0204. The zero-order chi connectivity index (χ0) is 34.2. The summed E-state index contributed by atoms with van der Waals surface area (Å²) in [6, 6.07) is 69.6. The van der Waals surface area contributed by atoms with E-state index in [0.717, 1.165) is 0 Å². The second kappa shape index (κ2) is 11.6. The van der Waals surface area contributed by atoms with Crippen molar-refractivity contribution in [3.8, 4) is 27.9 Å². The number of fused-ring (bicyclic) bond motifs is 11. The van der Waals surface area contributed by atoms with E-state index >= 15 is 0 Å². The third kappa shape index (κ3) is 4.21. The van der Waals surface area contributed by atoms with E-state index in [1.807, 2.05) is 23.5 Å². The van der Waals surface area contributed by atoms with Gasteiger partial charge in [-0.2, -0.15) is 0 Å². The highest BCUT2D eigenvalue weighted by Gasteiger charge is 2.49. The molecule has 0 radical (unpaired) electrons. The first kappa shape index (κ1) is 29.9. The highest BCUT2D eigenvalue weighted by molar-refractivity contribution is 8.00. The average molecular weight is 698 g/mol. The van der Waals surface area contributed by atoms with Gasteiger partial charge in [0.25, 0.3) is 0 Å². The molecule has 8 aromatic carbocycles. The molecule has 2 aliphatic rings. The Labute approximate surface area is 311 Å². The standard InChI is InChI=1S/C49H31NS2/c1-3-15-32(16-4-1)36-21-13-24-41-48(36)52-46-31-33(29-30-40(46)49(41)38-22-8-11-27-44(38)51-45-28-12-9-23-39(45)49)35-20-14-26-43-47(35)37-19-7-10-25-42(37)50(43)34-17-5-2-6-18-34/h1-31H. The van der Waals surface area contributed by atoms with Crippen LogP contribution in [0.1, 0.15) is 22.3 Å². The molecule has 0 atom stereocenters. The molecule has 0 saturated heterocycles. The van der Waals surface area contributed by atoms with Gasteiger partial charge in [-0.1, -0.05) is 169 Å². The van der Waals surface area contributed by atoms with E-state index in [4.69, 9.17) is 0 Å². The monoisotopic (exact) mass is 697 g/mol. The normalized spacial score (nSPS) is 13.8. The molecule has 0 bridgehead atoms. The minimum absolute atomic E-state index is 0.465. The van der Waals surface area contributed by atoms with Gasteiger partial charge >= 0.3 is 0 Å². The maximum Gasteiger partial charge on any atom is 0.0745 e. The predicted molar refractivity (Wildman–Crippen MR) is 218 cm³/mol. The lowest BCUT2D eigenvalue weighted by atomic mass is 9.64. The van der Waals surface area contributed by atoms with Crippen molar-refractivity contribution in [1.82, 2.24) is 4.57 Å². The molecule has 11 rings (SSSR count). The van der Waals surface area contributed by atoms with Crippen molar-refractivity contribution >= 4 is 45.3 Å². The van der Waals surface area contributed by atoms with Crippen LogP contribution in [0.4, 0.5) is 0 Å². The van der Waals surface area contributed by atoms with E-state index in [-0.39, 0.29) is 0 Å². The maximum absolute atomic E-state index is 2.48. The van der Waals surface area contributed by atoms with Crippen LogP contribution in [0.25, 0.3) is 49.7 Å². The van der Waals surface area contributed by atoms with Crippen LogP contribution in [-0.2, 0) is 5.41 Å². The van der Waals surface area contributed by atoms with Crippen LogP contribution < -0.4 is 0 Å². The second-order valence-electron chi connectivity index (χ2n) is 13.6. The molecule has 0 amide bonds. The summed E-state index contributed by atoms with van der Waals surface area (Å²) in [6.07, 6.45) is 0. The van der Waals surface area contributed by atoms with Gasteiger partial charge in [0.15, 0.2) is 0 Å². The fourth-order valence-corrected chi connectivity index (χ4v) is 11.4. The van der Waals surface area contributed by atoms with Crippen molar-refractivity contribution < 1.29 is 0 Å². The van der Waals surface area contributed by atoms with Gasteiger partial charge in [0.2, 0.25) is 0 Å². The molecule has 0 saturated carbocycles. The van der Waals surface area contributed by atoms with Crippen LogP contribution >= 0.6 is 23.5 Å². The highest BCUT2D eigenvalue weighted by atomic mass is 32.2. The van der Waals surface area contributed by atoms with E-state index in [1.165, 1.54) is 91.6 Å². The molecule has 1 nitrogen and oxygen atoms in total. The molecule has 0 fully saturated rings. The molecule has 0 N–H and O–H groups in total. The van der Waals surface area contributed by atoms with E-state index in [1.54, 1.807) is 0 Å². The number of rotatable bonds is 3. The quantitative estimate of drug-likeness (QED) is 0.181. The Morgan fingerprint density at radius 1 is 0.385 bits per heavy atom. The van der Waals surface area contributed by atoms with E-state index < -0.39 is 5.41 Å². The van der Waals surface area contributed by atoms with Crippen LogP contribution in [0.2, 0.25) is 0 Å². The third-order valence-corrected chi connectivity index (χ3v) is 13.3. The van der Waals surface area contributed by atoms with Gasteiger partial charge in [0.1, 0.15) is 0 Å². The molecule has 52 heavy (non-hydrogen) atoms. The van der Waals surface area contributed by atoms with Gasteiger partial charge in [0.05, 0.1) is 16.4 Å². The first-order valence-corrected chi connectivity index (χ1v) is 19.4. The van der Waals surface area contributed by atoms with Crippen LogP contribution in [0.15, 0.2) is 208 Å². The summed E-state index contributed by atoms with van der Waals surface area (Å²) in [4.78, 5) is 5.26. The third-order valence-electron chi connectivity index (χ3n) is 10.9. The van der Waals surface area contributed by atoms with Gasteiger partial charge in [-0.25, -0.2) is 0 Å². The summed E-state index contributed by atoms with van der Waals surface area (Å²) >= 11 is 3.82. The van der Waals surface area contributed by atoms with Gasteiger partial charge in [-0.15, -0.1) is 0 Å². The van der Waals surface area contributed by atoms with Crippen molar-refractivity contribution in [2.24, 2.45) is 0 Å². The smallest absolute Gasteiger partial charge is 0.0745 e. The van der Waals surface area contributed by atoms with Crippen molar-refractivity contribution in [3.05, 3.63) is 210 Å². The fourth-order valence-electron chi connectivity index (χ4n) is 8.82. The zero-order valence-electron chi connectivity index (χ0n) is 28.2. The lowest BCUT2D eigenvalue weighted by Crippen LogP contribution is -2.36. The minimum atomic E-state index is -0.465. The van der Waals surface area contributed by atoms with Crippen molar-refractivity contribution in [2.75, 3.05) is 0 Å².